The molecule has 7 heteroatoms. The van der Waals surface area contributed by atoms with Crippen molar-refractivity contribution in [3.63, 3.8) is 0 Å². The second-order valence-corrected chi connectivity index (χ2v) is 2.69. The third kappa shape index (κ3) is 3.05. The first-order chi connectivity index (χ1) is 5.96. The summed E-state index contributed by atoms with van der Waals surface area (Å²) in [4.78, 5) is 3.24. The van der Waals surface area contributed by atoms with Gasteiger partial charge in [-0.15, -0.1) is 12.6 Å². The molecule has 1 rings (SSSR count). The van der Waals surface area contributed by atoms with E-state index < -0.39 is 17.6 Å². The molecule has 0 aliphatic carbocycles. The number of aromatic nitrogens is 1. The zero-order valence-corrected chi connectivity index (χ0v) is 7.49. The van der Waals surface area contributed by atoms with E-state index in [0.29, 0.717) is 0 Å². The molecule has 0 bridgehead atoms. The number of pyridine rings is 1. The minimum absolute atomic E-state index is 0. The maximum atomic E-state index is 12.3. The molecule has 0 atom stereocenters. The molecule has 0 aliphatic heterocycles. The van der Waals surface area contributed by atoms with Crippen LogP contribution < -0.4 is 4.74 Å². The van der Waals surface area contributed by atoms with E-state index in [1.165, 1.54) is 6.20 Å². The zero-order chi connectivity index (χ0) is 10.1. The van der Waals surface area contributed by atoms with Crippen molar-refractivity contribution < 1.29 is 17.9 Å². The summed E-state index contributed by atoms with van der Waals surface area (Å²) in [6.45, 7) is 0. The predicted octanol–water partition coefficient (Wildman–Crippen LogP) is 1.75. The van der Waals surface area contributed by atoms with Gasteiger partial charge in [-0.25, -0.2) is 4.98 Å². The van der Waals surface area contributed by atoms with Gasteiger partial charge in [-0.1, -0.05) is 0 Å². The van der Waals surface area contributed by atoms with E-state index in [-0.39, 0.29) is 34.5 Å². The molecule has 0 aromatic carbocycles. The molecule has 1 aromatic heterocycles. The first-order valence-corrected chi connectivity index (χ1v) is 3.70. The Bertz CT molecular complexity index is 318. The topological polar surface area (TPSA) is 22.1 Å². The van der Waals surface area contributed by atoms with Gasteiger partial charge in [-0.3, -0.25) is 0 Å². The summed E-state index contributed by atoms with van der Waals surface area (Å²) in [5.74, 6) is -0.458. The molecule has 2 nitrogen and oxygen atoms in total. The molecular weight excluding hydrogens is 226 g/mol. The van der Waals surface area contributed by atoms with Gasteiger partial charge < -0.3 is 4.74 Å². The average Bonchev–Trinajstić information content (AvgIpc) is 2.01. The van der Waals surface area contributed by atoms with Gasteiger partial charge in [0.2, 0.25) is 5.88 Å². The quantitative estimate of drug-likeness (QED) is 0.589. The van der Waals surface area contributed by atoms with Gasteiger partial charge in [0.25, 0.3) is 0 Å². The van der Waals surface area contributed by atoms with Crippen molar-refractivity contribution >= 4 is 42.2 Å². The second-order valence-electron chi connectivity index (χ2n) is 2.21. The van der Waals surface area contributed by atoms with Crippen LogP contribution in [0.1, 0.15) is 5.56 Å². The van der Waals surface area contributed by atoms with Gasteiger partial charge in [0.15, 0.2) is 0 Å². The molecule has 0 saturated carbocycles. The molecule has 0 radical (unpaired) electrons. The third-order valence-electron chi connectivity index (χ3n) is 1.37. The van der Waals surface area contributed by atoms with Crippen LogP contribution in [0.5, 0.6) is 5.88 Å². The van der Waals surface area contributed by atoms with E-state index in [2.05, 4.69) is 22.3 Å². The number of halogens is 3. The van der Waals surface area contributed by atoms with Crippen molar-refractivity contribution in [3.05, 3.63) is 17.8 Å². The van der Waals surface area contributed by atoms with Crippen LogP contribution in [0.4, 0.5) is 13.2 Å². The SMILES string of the molecule is COc1nccc(S)c1C(F)(F)F.[NaH]. The van der Waals surface area contributed by atoms with Crippen molar-refractivity contribution in [3.8, 4) is 5.88 Å². The van der Waals surface area contributed by atoms with Crippen LogP contribution in [0, 0.1) is 0 Å². The summed E-state index contributed by atoms with van der Waals surface area (Å²) in [6, 6.07) is 1.16. The number of methoxy groups -OCH3 is 1. The molecule has 0 aliphatic rings. The normalized spacial score (nSPS) is 10.6. The van der Waals surface area contributed by atoms with Crippen LogP contribution in [0.2, 0.25) is 0 Å². The third-order valence-corrected chi connectivity index (χ3v) is 1.74. The van der Waals surface area contributed by atoms with E-state index in [4.69, 9.17) is 0 Å². The number of alkyl halides is 3. The van der Waals surface area contributed by atoms with Gasteiger partial charge >= 0.3 is 35.7 Å². The summed E-state index contributed by atoms with van der Waals surface area (Å²) in [7, 11) is 1.13. The zero-order valence-electron chi connectivity index (χ0n) is 6.59. The molecule has 0 N–H and O–H groups in total. The Kier molecular flexibility index (Phi) is 5.28. The molecule has 14 heavy (non-hydrogen) atoms. The summed E-state index contributed by atoms with van der Waals surface area (Å²) in [6.07, 6.45) is -3.28. The van der Waals surface area contributed by atoms with E-state index in [9.17, 15) is 13.2 Å². The van der Waals surface area contributed by atoms with Crippen LogP contribution >= 0.6 is 12.6 Å². The van der Waals surface area contributed by atoms with Crippen LogP contribution in [0.15, 0.2) is 17.2 Å². The van der Waals surface area contributed by atoms with Crippen LogP contribution in [0.25, 0.3) is 0 Å². The number of hydrogen-bond donors (Lipinski definition) is 1. The molecule has 0 spiro atoms. The Balaban J connectivity index is 0.00000169. The van der Waals surface area contributed by atoms with Crippen LogP contribution in [-0.4, -0.2) is 41.7 Å². The standard InChI is InChI=1S/C7H6F3NOS.Na.H/c1-12-6-5(7(8,9)10)4(13)2-3-11-6;;/h2-3H,1H3,(H,11,13);;. The molecule has 0 saturated heterocycles. The molecular formula is C7H7F3NNaOS. The van der Waals surface area contributed by atoms with Gasteiger partial charge in [0.1, 0.15) is 5.56 Å². The molecule has 1 aromatic rings. The Morgan fingerprint density at radius 3 is 2.36 bits per heavy atom. The van der Waals surface area contributed by atoms with Crippen molar-refractivity contribution in [1.29, 1.82) is 0 Å². The van der Waals surface area contributed by atoms with Gasteiger partial charge in [0, 0.05) is 11.1 Å². The first-order valence-electron chi connectivity index (χ1n) is 3.26. The number of nitrogens with zero attached hydrogens (tertiary/aromatic N) is 1. The summed E-state index contributed by atoms with van der Waals surface area (Å²) in [5, 5.41) is 0. The van der Waals surface area contributed by atoms with E-state index in [0.717, 1.165) is 13.2 Å². The fourth-order valence-corrected chi connectivity index (χ4v) is 1.14. The van der Waals surface area contributed by atoms with E-state index in [1.54, 1.807) is 0 Å². The minimum atomic E-state index is -4.49. The fraction of sp³-hybridized carbons (Fsp3) is 0.286. The number of rotatable bonds is 1. The number of ether oxygens (including phenoxy) is 1. The van der Waals surface area contributed by atoms with E-state index >= 15 is 0 Å². The van der Waals surface area contributed by atoms with Crippen LogP contribution in [-0.2, 0) is 6.18 Å². The molecule has 1 heterocycles. The monoisotopic (exact) mass is 233 g/mol. The first kappa shape index (κ1) is 14.1. The van der Waals surface area contributed by atoms with Crippen molar-refractivity contribution in [2.45, 2.75) is 11.1 Å². The van der Waals surface area contributed by atoms with Crippen LogP contribution in [0.3, 0.4) is 0 Å². The Labute approximate surface area is 107 Å². The second kappa shape index (κ2) is 5.25. The van der Waals surface area contributed by atoms with E-state index in [1.807, 2.05) is 0 Å². The van der Waals surface area contributed by atoms with Gasteiger partial charge in [-0.2, -0.15) is 13.2 Å². The van der Waals surface area contributed by atoms with Crippen molar-refractivity contribution in [2.24, 2.45) is 0 Å². The number of thiol groups is 1. The maximum absolute atomic E-state index is 12.3. The number of hydrogen-bond acceptors (Lipinski definition) is 3. The Hall–Kier alpha value is 0.0900. The molecule has 0 fully saturated rings. The molecule has 0 unspecified atom stereocenters. The fourth-order valence-electron chi connectivity index (χ4n) is 0.854. The van der Waals surface area contributed by atoms with Crippen molar-refractivity contribution in [1.82, 2.24) is 4.98 Å². The van der Waals surface area contributed by atoms with Gasteiger partial charge in [-0.05, 0) is 6.07 Å². The predicted molar refractivity (Wildman–Crippen MR) is 50.2 cm³/mol. The average molecular weight is 233 g/mol. The summed E-state index contributed by atoms with van der Waals surface area (Å²) in [5.41, 5.74) is -0.944. The summed E-state index contributed by atoms with van der Waals surface area (Å²) >= 11 is 3.68. The van der Waals surface area contributed by atoms with Crippen molar-refractivity contribution in [2.75, 3.05) is 7.11 Å². The van der Waals surface area contributed by atoms with Gasteiger partial charge in [0.05, 0.1) is 7.11 Å². The molecule has 74 valence electrons. The Morgan fingerprint density at radius 1 is 1.43 bits per heavy atom. The summed E-state index contributed by atoms with van der Waals surface area (Å²) < 4.78 is 41.5. The molecule has 0 amide bonds. The Morgan fingerprint density at radius 2 is 2.00 bits per heavy atom.